The van der Waals surface area contributed by atoms with Gasteiger partial charge in [0.25, 0.3) is 0 Å². The van der Waals surface area contributed by atoms with Crippen molar-refractivity contribution in [1.82, 2.24) is 0 Å². The van der Waals surface area contributed by atoms with Crippen LogP contribution in [0.15, 0.2) is 18.2 Å². The molecule has 4 heteroatoms. The van der Waals surface area contributed by atoms with E-state index in [0.717, 1.165) is 37.2 Å². The normalized spacial score (nSPS) is 21.2. The summed E-state index contributed by atoms with van der Waals surface area (Å²) in [6, 6.07) is 6.26. The summed E-state index contributed by atoms with van der Waals surface area (Å²) in [5.41, 5.74) is 8.65. The second-order valence-corrected chi connectivity index (χ2v) is 6.70. The first-order valence-corrected chi connectivity index (χ1v) is 7.94. The van der Waals surface area contributed by atoms with Crippen molar-refractivity contribution in [3.8, 4) is 0 Å². The van der Waals surface area contributed by atoms with Gasteiger partial charge < -0.3 is 16.0 Å². The summed E-state index contributed by atoms with van der Waals surface area (Å²) >= 11 is 0. The predicted molar refractivity (Wildman–Crippen MR) is 86.6 cm³/mol. The molecule has 114 valence electrons. The van der Waals surface area contributed by atoms with Gasteiger partial charge in [-0.2, -0.15) is 0 Å². The van der Waals surface area contributed by atoms with E-state index in [1.807, 2.05) is 19.9 Å². The van der Waals surface area contributed by atoms with Crippen molar-refractivity contribution in [2.75, 3.05) is 23.3 Å². The molecule has 3 N–H and O–H groups in total. The second kappa shape index (κ2) is 5.34. The third-order valence-electron chi connectivity index (χ3n) is 4.84. The molecule has 1 heterocycles. The number of amides is 1. The van der Waals surface area contributed by atoms with Gasteiger partial charge in [0.05, 0.1) is 5.54 Å². The molecule has 2 aliphatic rings. The Morgan fingerprint density at radius 1 is 1.33 bits per heavy atom. The highest BCUT2D eigenvalue weighted by Crippen LogP contribution is 2.38. The number of anilines is 2. The molecule has 1 saturated carbocycles. The zero-order valence-electron chi connectivity index (χ0n) is 13.0. The van der Waals surface area contributed by atoms with Crippen LogP contribution in [-0.2, 0) is 4.79 Å². The van der Waals surface area contributed by atoms with Gasteiger partial charge in [-0.3, -0.25) is 4.79 Å². The van der Waals surface area contributed by atoms with E-state index in [0.29, 0.717) is 5.92 Å². The summed E-state index contributed by atoms with van der Waals surface area (Å²) in [7, 11) is 0. The van der Waals surface area contributed by atoms with Crippen LogP contribution in [0.25, 0.3) is 0 Å². The topological polar surface area (TPSA) is 58.4 Å². The summed E-state index contributed by atoms with van der Waals surface area (Å²) in [6.07, 6.45) is 4.66. The molecule has 1 saturated heterocycles. The third kappa shape index (κ3) is 2.91. The summed E-state index contributed by atoms with van der Waals surface area (Å²) in [6.45, 7) is 6.15. The minimum atomic E-state index is -0.750. The van der Waals surface area contributed by atoms with Gasteiger partial charge in [-0.25, -0.2) is 0 Å². The van der Waals surface area contributed by atoms with E-state index in [1.165, 1.54) is 18.5 Å². The summed E-state index contributed by atoms with van der Waals surface area (Å²) < 4.78 is 0. The molecule has 1 aliphatic carbocycles. The molecule has 0 radical (unpaired) electrons. The largest absolute Gasteiger partial charge is 0.372 e. The van der Waals surface area contributed by atoms with Crippen molar-refractivity contribution in [1.29, 1.82) is 0 Å². The standard InChI is InChI=1S/C17H25N3O/c1-12-11-14(20-9-3-4-10-20)7-8-15(12)19-16(21)17(2,18)13-5-6-13/h7-8,11,13H,3-6,9-10,18H2,1-2H3,(H,19,21). The molecule has 0 bridgehead atoms. The fraction of sp³-hybridized carbons (Fsp3) is 0.588. The minimum Gasteiger partial charge on any atom is -0.372 e. The number of benzene rings is 1. The molecular weight excluding hydrogens is 262 g/mol. The average Bonchev–Trinajstić information content (AvgIpc) is 3.17. The highest BCUT2D eigenvalue weighted by molar-refractivity contribution is 5.98. The lowest BCUT2D eigenvalue weighted by Gasteiger charge is -2.24. The van der Waals surface area contributed by atoms with Crippen LogP contribution >= 0.6 is 0 Å². The van der Waals surface area contributed by atoms with Crippen molar-refractivity contribution in [3.63, 3.8) is 0 Å². The fourth-order valence-corrected chi connectivity index (χ4v) is 3.09. The Balaban J connectivity index is 1.72. The van der Waals surface area contributed by atoms with Crippen molar-refractivity contribution in [3.05, 3.63) is 23.8 Å². The first kappa shape index (κ1) is 14.4. The third-order valence-corrected chi connectivity index (χ3v) is 4.84. The molecule has 2 fully saturated rings. The number of aryl methyl sites for hydroxylation is 1. The number of rotatable bonds is 4. The molecule has 1 aliphatic heterocycles. The summed E-state index contributed by atoms with van der Waals surface area (Å²) in [4.78, 5) is 14.8. The average molecular weight is 287 g/mol. The highest BCUT2D eigenvalue weighted by Gasteiger charge is 2.44. The molecule has 0 spiro atoms. The molecule has 1 amide bonds. The van der Waals surface area contributed by atoms with Gasteiger partial charge in [-0.1, -0.05) is 0 Å². The maximum atomic E-state index is 12.4. The number of nitrogens with one attached hydrogen (secondary N) is 1. The van der Waals surface area contributed by atoms with Gasteiger partial charge in [-0.15, -0.1) is 0 Å². The quantitative estimate of drug-likeness (QED) is 0.895. The molecule has 0 aromatic heterocycles. The minimum absolute atomic E-state index is 0.0676. The van der Waals surface area contributed by atoms with Crippen LogP contribution in [0.1, 0.15) is 38.2 Å². The van der Waals surface area contributed by atoms with Crippen LogP contribution in [0, 0.1) is 12.8 Å². The van der Waals surface area contributed by atoms with Crippen LogP contribution in [0.3, 0.4) is 0 Å². The van der Waals surface area contributed by atoms with E-state index in [1.54, 1.807) is 0 Å². The van der Waals surface area contributed by atoms with Crippen molar-refractivity contribution in [2.24, 2.45) is 11.7 Å². The summed E-state index contributed by atoms with van der Waals surface area (Å²) in [5.74, 6) is 0.267. The molecule has 4 nitrogen and oxygen atoms in total. The number of nitrogens with zero attached hydrogens (tertiary/aromatic N) is 1. The Bertz CT molecular complexity index is 543. The lowest BCUT2D eigenvalue weighted by atomic mass is 9.96. The monoisotopic (exact) mass is 287 g/mol. The van der Waals surface area contributed by atoms with Crippen molar-refractivity contribution in [2.45, 2.75) is 45.1 Å². The lowest BCUT2D eigenvalue weighted by molar-refractivity contribution is -0.121. The Labute approximate surface area is 126 Å². The van der Waals surface area contributed by atoms with Crippen molar-refractivity contribution < 1.29 is 4.79 Å². The molecule has 1 unspecified atom stereocenters. The van der Waals surface area contributed by atoms with E-state index in [-0.39, 0.29) is 5.91 Å². The van der Waals surface area contributed by atoms with E-state index in [2.05, 4.69) is 22.3 Å². The van der Waals surface area contributed by atoms with Gasteiger partial charge in [0, 0.05) is 24.5 Å². The second-order valence-electron chi connectivity index (χ2n) is 6.70. The van der Waals surface area contributed by atoms with Gasteiger partial charge in [-0.05, 0) is 69.2 Å². The van der Waals surface area contributed by atoms with E-state index in [9.17, 15) is 4.79 Å². The number of carbonyl (C=O) groups excluding carboxylic acids is 1. The highest BCUT2D eigenvalue weighted by atomic mass is 16.2. The van der Waals surface area contributed by atoms with E-state index < -0.39 is 5.54 Å². The molecule has 1 atom stereocenters. The van der Waals surface area contributed by atoms with Crippen molar-refractivity contribution >= 4 is 17.3 Å². The van der Waals surface area contributed by atoms with Gasteiger partial charge in [0.1, 0.15) is 0 Å². The Morgan fingerprint density at radius 2 is 2.00 bits per heavy atom. The number of hydrogen-bond acceptors (Lipinski definition) is 3. The van der Waals surface area contributed by atoms with Crippen LogP contribution in [-0.4, -0.2) is 24.5 Å². The zero-order chi connectivity index (χ0) is 15.0. The van der Waals surface area contributed by atoms with Crippen LogP contribution in [0.4, 0.5) is 11.4 Å². The zero-order valence-corrected chi connectivity index (χ0v) is 13.0. The molecular formula is C17H25N3O. The van der Waals surface area contributed by atoms with Crippen LogP contribution in [0.5, 0.6) is 0 Å². The lowest BCUT2D eigenvalue weighted by Crippen LogP contribution is -2.50. The molecule has 21 heavy (non-hydrogen) atoms. The first-order valence-electron chi connectivity index (χ1n) is 7.94. The number of hydrogen-bond donors (Lipinski definition) is 2. The van der Waals surface area contributed by atoms with Gasteiger partial charge in [0.15, 0.2) is 0 Å². The summed E-state index contributed by atoms with van der Waals surface area (Å²) in [5, 5.41) is 3.01. The van der Waals surface area contributed by atoms with Crippen LogP contribution < -0.4 is 16.0 Å². The van der Waals surface area contributed by atoms with E-state index >= 15 is 0 Å². The maximum Gasteiger partial charge on any atom is 0.244 e. The maximum absolute atomic E-state index is 12.4. The SMILES string of the molecule is Cc1cc(N2CCCC2)ccc1NC(=O)C(C)(N)C1CC1. The Hall–Kier alpha value is -1.55. The first-order chi connectivity index (χ1) is 9.98. The smallest absolute Gasteiger partial charge is 0.244 e. The Morgan fingerprint density at radius 3 is 2.57 bits per heavy atom. The molecule has 1 aromatic rings. The van der Waals surface area contributed by atoms with Gasteiger partial charge in [0.2, 0.25) is 5.91 Å². The number of carbonyl (C=O) groups is 1. The molecule has 3 rings (SSSR count). The fourth-order valence-electron chi connectivity index (χ4n) is 3.09. The number of nitrogens with two attached hydrogens (primary N) is 1. The Kier molecular flexibility index (Phi) is 3.66. The van der Waals surface area contributed by atoms with E-state index in [4.69, 9.17) is 5.73 Å². The molecule has 1 aromatic carbocycles. The predicted octanol–water partition coefficient (Wildman–Crippen LogP) is 2.66. The van der Waals surface area contributed by atoms with Gasteiger partial charge >= 0.3 is 0 Å². The van der Waals surface area contributed by atoms with Crippen LogP contribution in [0.2, 0.25) is 0 Å².